The monoisotopic (exact) mass is 425 g/mol. The van der Waals surface area contributed by atoms with E-state index in [1.54, 1.807) is 29.2 Å². The lowest BCUT2D eigenvalue weighted by Crippen LogP contribution is -2.46. The number of carbonyl (C=O) groups is 2. The molecule has 1 fully saturated rings. The molecule has 1 aliphatic heterocycles. The summed E-state index contributed by atoms with van der Waals surface area (Å²) >= 11 is 5.84. The predicted molar refractivity (Wildman–Crippen MR) is 103 cm³/mol. The van der Waals surface area contributed by atoms with Crippen molar-refractivity contribution in [3.8, 4) is 0 Å². The smallest absolute Gasteiger partial charge is 0.338 e. The van der Waals surface area contributed by atoms with E-state index in [4.69, 9.17) is 11.6 Å². The highest BCUT2D eigenvalue weighted by molar-refractivity contribution is 6.30. The van der Waals surface area contributed by atoms with Crippen LogP contribution in [-0.4, -0.2) is 29.8 Å². The van der Waals surface area contributed by atoms with Gasteiger partial charge in [0.05, 0.1) is 17.2 Å². The molecule has 1 atom stereocenters. The van der Waals surface area contributed by atoms with Crippen molar-refractivity contribution in [2.75, 3.05) is 18.5 Å². The van der Waals surface area contributed by atoms with Gasteiger partial charge < -0.3 is 4.90 Å². The van der Waals surface area contributed by atoms with Gasteiger partial charge in [0, 0.05) is 23.7 Å². The van der Waals surface area contributed by atoms with Crippen molar-refractivity contribution in [3.05, 3.63) is 64.7 Å². The summed E-state index contributed by atoms with van der Waals surface area (Å²) in [6, 6.07) is 11.1. The number of piperidine rings is 1. The minimum absolute atomic E-state index is 0.123. The van der Waals surface area contributed by atoms with Crippen LogP contribution >= 0.6 is 11.6 Å². The molecule has 0 aromatic heterocycles. The van der Waals surface area contributed by atoms with E-state index in [1.165, 1.54) is 12.1 Å². The Bertz CT molecular complexity index is 887. The molecule has 1 aliphatic rings. The maximum absolute atomic E-state index is 12.8. The molecule has 2 aromatic carbocycles. The van der Waals surface area contributed by atoms with Crippen molar-refractivity contribution in [1.82, 2.24) is 10.3 Å². The standard InChI is InChI=1S/C20H19ClF3N3O2/c21-16-8-6-13(7-9-16)19(29)27-10-2-3-14(12-27)18(28)26-25-17-5-1-4-15(11-17)20(22,23)24/h1,4-9,11,14,25H,2-3,10,12H2,(H,26,28)/t14-/m0/s1. The van der Waals surface area contributed by atoms with Crippen molar-refractivity contribution in [2.24, 2.45) is 5.92 Å². The van der Waals surface area contributed by atoms with Gasteiger partial charge in [0.2, 0.25) is 5.91 Å². The molecule has 1 saturated heterocycles. The van der Waals surface area contributed by atoms with Crippen LogP contribution in [0.15, 0.2) is 48.5 Å². The second kappa shape index (κ2) is 8.73. The molecule has 0 bridgehead atoms. The van der Waals surface area contributed by atoms with Crippen molar-refractivity contribution in [2.45, 2.75) is 19.0 Å². The fourth-order valence-electron chi connectivity index (χ4n) is 3.16. The summed E-state index contributed by atoms with van der Waals surface area (Å²) < 4.78 is 38.3. The molecule has 5 nitrogen and oxygen atoms in total. The van der Waals surface area contributed by atoms with Gasteiger partial charge in [-0.1, -0.05) is 17.7 Å². The van der Waals surface area contributed by atoms with Gasteiger partial charge >= 0.3 is 6.18 Å². The SMILES string of the molecule is O=C(NNc1cccc(C(F)(F)F)c1)[C@H]1CCCN(C(=O)c2ccc(Cl)cc2)C1. The zero-order chi connectivity index (χ0) is 21.0. The molecular formula is C20H19ClF3N3O2. The van der Waals surface area contributed by atoms with Crippen molar-refractivity contribution < 1.29 is 22.8 Å². The fraction of sp³-hybridized carbons (Fsp3) is 0.300. The van der Waals surface area contributed by atoms with Gasteiger partial charge in [0.15, 0.2) is 0 Å². The maximum Gasteiger partial charge on any atom is 0.416 e. The number of halogens is 4. The first kappa shape index (κ1) is 21.0. The molecule has 0 aliphatic carbocycles. The Hall–Kier alpha value is -2.74. The highest BCUT2D eigenvalue weighted by Crippen LogP contribution is 2.30. The van der Waals surface area contributed by atoms with E-state index >= 15 is 0 Å². The number of amides is 2. The van der Waals surface area contributed by atoms with Crippen molar-refractivity contribution in [3.63, 3.8) is 0 Å². The highest BCUT2D eigenvalue weighted by atomic mass is 35.5. The third-order valence-electron chi connectivity index (χ3n) is 4.69. The van der Waals surface area contributed by atoms with Gasteiger partial charge in [0.25, 0.3) is 5.91 Å². The average Bonchev–Trinajstić information content (AvgIpc) is 2.72. The van der Waals surface area contributed by atoms with E-state index in [-0.39, 0.29) is 24.0 Å². The normalized spacial score (nSPS) is 17.0. The van der Waals surface area contributed by atoms with E-state index in [1.807, 2.05) is 0 Å². The summed E-state index contributed by atoms with van der Waals surface area (Å²) in [7, 11) is 0. The van der Waals surface area contributed by atoms with E-state index < -0.39 is 17.7 Å². The summed E-state index contributed by atoms with van der Waals surface area (Å²) in [5.74, 6) is -1.03. The number of likely N-dealkylation sites (tertiary alicyclic amines) is 1. The van der Waals surface area contributed by atoms with Crippen LogP contribution in [0.5, 0.6) is 0 Å². The van der Waals surface area contributed by atoms with Crippen LogP contribution in [0.3, 0.4) is 0 Å². The lowest BCUT2D eigenvalue weighted by molar-refractivity contribution is -0.137. The molecule has 9 heteroatoms. The number of nitrogens with zero attached hydrogens (tertiary/aromatic N) is 1. The number of anilines is 1. The summed E-state index contributed by atoms with van der Waals surface area (Å²) in [6.45, 7) is 0.768. The van der Waals surface area contributed by atoms with E-state index in [0.717, 1.165) is 12.1 Å². The molecule has 3 rings (SSSR count). The predicted octanol–water partition coefficient (Wildman–Crippen LogP) is 4.35. The Morgan fingerprint density at radius 1 is 1.10 bits per heavy atom. The highest BCUT2D eigenvalue weighted by Gasteiger charge is 2.31. The zero-order valence-electron chi connectivity index (χ0n) is 15.3. The number of hydrazine groups is 1. The van der Waals surface area contributed by atoms with E-state index in [2.05, 4.69) is 10.9 Å². The number of benzene rings is 2. The first-order chi connectivity index (χ1) is 13.7. The number of hydrogen-bond donors (Lipinski definition) is 2. The number of rotatable bonds is 4. The minimum atomic E-state index is -4.46. The molecule has 0 unspecified atom stereocenters. The zero-order valence-corrected chi connectivity index (χ0v) is 16.1. The Kier molecular flexibility index (Phi) is 6.32. The van der Waals surface area contributed by atoms with Crippen molar-refractivity contribution in [1.29, 1.82) is 0 Å². The summed E-state index contributed by atoms with van der Waals surface area (Å²) in [4.78, 5) is 26.7. The van der Waals surface area contributed by atoms with E-state index in [0.29, 0.717) is 30.0 Å². The van der Waals surface area contributed by atoms with Crippen LogP contribution in [0.1, 0.15) is 28.8 Å². The van der Waals surface area contributed by atoms with Gasteiger partial charge in [-0.3, -0.25) is 20.4 Å². The summed E-state index contributed by atoms with van der Waals surface area (Å²) in [6.07, 6.45) is -3.23. The fourth-order valence-corrected chi connectivity index (χ4v) is 3.29. The maximum atomic E-state index is 12.8. The van der Waals surface area contributed by atoms with Crippen LogP contribution in [-0.2, 0) is 11.0 Å². The second-order valence-electron chi connectivity index (χ2n) is 6.79. The molecule has 0 spiro atoms. The second-order valence-corrected chi connectivity index (χ2v) is 7.23. The van der Waals surface area contributed by atoms with Gasteiger partial charge in [-0.05, 0) is 55.3 Å². The topological polar surface area (TPSA) is 61.4 Å². The molecule has 2 amide bonds. The Morgan fingerprint density at radius 3 is 2.52 bits per heavy atom. The van der Waals surface area contributed by atoms with E-state index in [9.17, 15) is 22.8 Å². The number of nitrogens with one attached hydrogen (secondary N) is 2. The first-order valence-corrected chi connectivity index (χ1v) is 9.40. The molecule has 2 N–H and O–H groups in total. The molecule has 0 saturated carbocycles. The molecule has 1 heterocycles. The lowest BCUT2D eigenvalue weighted by Gasteiger charge is -2.32. The third kappa shape index (κ3) is 5.41. The molecule has 29 heavy (non-hydrogen) atoms. The Labute approximate surface area is 170 Å². The third-order valence-corrected chi connectivity index (χ3v) is 4.94. The van der Waals surface area contributed by atoms with Crippen LogP contribution in [0.25, 0.3) is 0 Å². The Morgan fingerprint density at radius 2 is 1.83 bits per heavy atom. The van der Waals surface area contributed by atoms with Crippen LogP contribution in [0, 0.1) is 5.92 Å². The average molecular weight is 426 g/mol. The number of hydrogen-bond acceptors (Lipinski definition) is 3. The molecule has 154 valence electrons. The molecular weight excluding hydrogens is 407 g/mol. The Balaban J connectivity index is 1.58. The van der Waals surface area contributed by atoms with Crippen LogP contribution < -0.4 is 10.9 Å². The number of carbonyl (C=O) groups excluding carboxylic acids is 2. The lowest BCUT2D eigenvalue weighted by atomic mass is 9.96. The first-order valence-electron chi connectivity index (χ1n) is 9.02. The number of alkyl halides is 3. The van der Waals surface area contributed by atoms with Gasteiger partial charge in [-0.15, -0.1) is 0 Å². The largest absolute Gasteiger partial charge is 0.416 e. The van der Waals surface area contributed by atoms with Gasteiger partial charge in [0.1, 0.15) is 0 Å². The summed E-state index contributed by atoms with van der Waals surface area (Å²) in [5, 5.41) is 0.526. The van der Waals surface area contributed by atoms with Crippen molar-refractivity contribution >= 4 is 29.1 Å². The van der Waals surface area contributed by atoms with Gasteiger partial charge in [-0.25, -0.2) is 0 Å². The minimum Gasteiger partial charge on any atom is -0.338 e. The van der Waals surface area contributed by atoms with Crippen LogP contribution in [0.2, 0.25) is 5.02 Å². The molecule has 0 radical (unpaired) electrons. The quantitative estimate of drug-likeness (QED) is 0.716. The van der Waals surface area contributed by atoms with Crippen LogP contribution in [0.4, 0.5) is 18.9 Å². The molecule has 2 aromatic rings. The summed E-state index contributed by atoms with van der Waals surface area (Å²) in [5.41, 5.74) is 4.76. The van der Waals surface area contributed by atoms with Gasteiger partial charge in [-0.2, -0.15) is 13.2 Å².